The smallest absolute Gasteiger partial charge is 0.305 e. The fraction of sp³-hybridized carbons (Fsp3) is 0.355. The zero-order chi connectivity index (χ0) is 26.3. The van der Waals surface area contributed by atoms with Crippen LogP contribution >= 0.6 is 0 Å². The van der Waals surface area contributed by atoms with E-state index in [-0.39, 0.29) is 11.9 Å². The number of amides is 1. The molecule has 3 aromatic rings. The van der Waals surface area contributed by atoms with E-state index in [1.807, 2.05) is 73.8 Å². The first-order valence-electron chi connectivity index (χ1n) is 12.8. The van der Waals surface area contributed by atoms with E-state index in [0.717, 1.165) is 41.9 Å². The quantitative estimate of drug-likeness (QED) is 0.209. The average molecular weight is 504 g/mol. The number of aryl methyl sites for hydroxylation is 1. The molecule has 0 saturated heterocycles. The first kappa shape index (κ1) is 27.8. The van der Waals surface area contributed by atoms with Gasteiger partial charge < -0.3 is 19.1 Å². The van der Waals surface area contributed by atoms with Crippen molar-refractivity contribution in [3.05, 3.63) is 95.6 Å². The van der Waals surface area contributed by atoms with Crippen LogP contribution in [0.2, 0.25) is 0 Å². The molecular weight excluding hydrogens is 466 g/mol. The molecule has 0 spiro atoms. The summed E-state index contributed by atoms with van der Waals surface area (Å²) in [7, 11) is 3.26. The van der Waals surface area contributed by atoms with Crippen LogP contribution in [-0.4, -0.2) is 50.7 Å². The van der Waals surface area contributed by atoms with Crippen molar-refractivity contribution >= 4 is 11.9 Å². The molecule has 37 heavy (non-hydrogen) atoms. The van der Waals surface area contributed by atoms with Crippen LogP contribution in [0, 0.1) is 0 Å². The first-order chi connectivity index (χ1) is 18.0. The van der Waals surface area contributed by atoms with E-state index >= 15 is 0 Å². The monoisotopic (exact) mass is 503 g/mol. The highest BCUT2D eigenvalue weighted by Gasteiger charge is 2.10. The van der Waals surface area contributed by atoms with E-state index in [9.17, 15) is 9.59 Å². The maximum absolute atomic E-state index is 12.5. The van der Waals surface area contributed by atoms with Gasteiger partial charge in [0.1, 0.15) is 11.5 Å². The van der Waals surface area contributed by atoms with Gasteiger partial charge in [0, 0.05) is 20.0 Å². The SMILES string of the molecule is COC(=O)CCc1ccc(OCCCCOc2ccc(CC(=O)N(C)CCc3ccccc3)cc2)cc1. The maximum atomic E-state index is 12.5. The molecule has 0 bridgehead atoms. The highest BCUT2D eigenvalue weighted by atomic mass is 16.5. The van der Waals surface area contributed by atoms with Gasteiger partial charge in [-0.05, 0) is 66.6 Å². The second kappa shape index (κ2) is 15.3. The van der Waals surface area contributed by atoms with E-state index < -0.39 is 0 Å². The van der Waals surface area contributed by atoms with Crippen LogP contribution in [0.25, 0.3) is 0 Å². The maximum Gasteiger partial charge on any atom is 0.305 e. The lowest BCUT2D eigenvalue weighted by Crippen LogP contribution is -2.30. The van der Waals surface area contributed by atoms with E-state index in [2.05, 4.69) is 16.9 Å². The molecule has 0 aliphatic heterocycles. The van der Waals surface area contributed by atoms with Gasteiger partial charge in [0.05, 0.1) is 26.7 Å². The molecule has 0 aliphatic carbocycles. The number of carbonyl (C=O) groups excluding carboxylic acids is 2. The number of carbonyl (C=O) groups is 2. The number of unbranched alkanes of at least 4 members (excludes halogenated alkanes) is 1. The van der Waals surface area contributed by atoms with Crippen LogP contribution in [0.15, 0.2) is 78.9 Å². The molecule has 0 aliphatic rings. The van der Waals surface area contributed by atoms with Crippen LogP contribution in [-0.2, 0) is 33.6 Å². The second-order valence-corrected chi connectivity index (χ2v) is 9.00. The number of methoxy groups -OCH3 is 1. The Kier molecular flexibility index (Phi) is 11.5. The van der Waals surface area contributed by atoms with Crippen LogP contribution in [0.5, 0.6) is 11.5 Å². The molecule has 0 saturated carbocycles. The summed E-state index contributed by atoms with van der Waals surface area (Å²) in [5.41, 5.74) is 3.29. The van der Waals surface area contributed by atoms with E-state index in [1.54, 1.807) is 4.90 Å². The van der Waals surface area contributed by atoms with Crippen molar-refractivity contribution in [3.8, 4) is 11.5 Å². The molecule has 3 aromatic carbocycles. The van der Waals surface area contributed by atoms with Gasteiger partial charge >= 0.3 is 5.97 Å². The molecule has 6 heteroatoms. The number of ether oxygens (including phenoxy) is 3. The summed E-state index contributed by atoms with van der Waals surface area (Å²) in [6, 6.07) is 25.8. The van der Waals surface area contributed by atoms with Crippen molar-refractivity contribution < 1.29 is 23.8 Å². The minimum absolute atomic E-state index is 0.112. The van der Waals surface area contributed by atoms with Crippen molar-refractivity contribution in [2.24, 2.45) is 0 Å². The van der Waals surface area contributed by atoms with Crippen LogP contribution in [0.4, 0.5) is 0 Å². The Bertz CT molecular complexity index is 1080. The number of hydrogen-bond donors (Lipinski definition) is 0. The predicted molar refractivity (Wildman–Crippen MR) is 145 cm³/mol. The van der Waals surface area contributed by atoms with Crippen molar-refractivity contribution in [1.82, 2.24) is 4.90 Å². The third-order valence-electron chi connectivity index (χ3n) is 6.13. The summed E-state index contributed by atoms with van der Waals surface area (Å²) in [5, 5.41) is 0. The molecular formula is C31H37NO5. The summed E-state index contributed by atoms with van der Waals surface area (Å²) < 4.78 is 16.3. The Balaban J connectivity index is 1.27. The average Bonchev–Trinajstić information content (AvgIpc) is 2.94. The normalized spacial score (nSPS) is 10.5. The van der Waals surface area contributed by atoms with Gasteiger partial charge in [0.2, 0.25) is 5.91 Å². The Hall–Kier alpha value is -3.80. The molecule has 3 rings (SSSR count). The molecule has 0 radical (unpaired) electrons. The predicted octanol–water partition coefficient (Wildman–Crippen LogP) is 5.27. The molecule has 0 aromatic heterocycles. The molecule has 6 nitrogen and oxygen atoms in total. The molecule has 196 valence electrons. The fourth-order valence-corrected chi connectivity index (χ4v) is 3.76. The number of benzene rings is 3. The standard InChI is InChI=1S/C31H37NO5/c1-32(21-20-25-8-4-3-5-9-25)30(33)24-27-12-17-29(18-13-27)37-23-7-6-22-36-28-15-10-26(11-16-28)14-19-31(34)35-2/h3-5,8-13,15-18H,6-7,14,19-24H2,1-2H3. The molecule has 0 fully saturated rings. The van der Waals surface area contributed by atoms with Gasteiger partial charge in [-0.1, -0.05) is 54.6 Å². The minimum atomic E-state index is -0.202. The summed E-state index contributed by atoms with van der Waals surface area (Å²) in [5.74, 6) is 1.53. The first-order valence-corrected chi connectivity index (χ1v) is 12.8. The number of nitrogens with zero attached hydrogens (tertiary/aromatic N) is 1. The second-order valence-electron chi connectivity index (χ2n) is 9.00. The van der Waals surface area contributed by atoms with Crippen molar-refractivity contribution in [2.45, 2.75) is 38.5 Å². The molecule has 1 amide bonds. The van der Waals surface area contributed by atoms with E-state index in [1.165, 1.54) is 12.7 Å². The third-order valence-corrected chi connectivity index (χ3v) is 6.13. The minimum Gasteiger partial charge on any atom is -0.494 e. The van der Waals surface area contributed by atoms with Crippen LogP contribution < -0.4 is 9.47 Å². The summed E-state index contributed by atoms with van der Waals surface area (Å²) >= 11 is 0. The van der Waals surface area contributed by atoms with Gasteiger partial charge in [0.15, 0.2) is 0 Å². The largest absolute Gasteiger partial charge is 0.494 e. The Morgan fingerprint density at radius 1 is 0.703 bits per heavy atom. The number of hydrogen-bond acceptors (Lipinski definition) is 5. The molecule has 0 atom stereocenters. The highest BCUT2D eigenvalue weighted by molar-refractivity contribution is 5.78. The van der Waals surface area contributed by atoms with E-state index in [4.69, 9.17) is 9.47 Å². The lowest BCUT2D eigenvalue weighted by Gasteiger charge is -2.17. The van der Waals surface area contributed by atoms with Gasteiger partial charge in [-0.3, -0.25) is 9.59 Å². The molecule has 0 N–H and O–H groups in total. The van der Waals surface area contributed by atoms with Gasteiger partial charge in [-0.25, -0.2) is 0 Å². The topological polar surface area (TPSA) is 65.1 Å². The lowest BCUT2D eigenvalue weighted by atomic mass is 10.1. The zero-order valence-electron chi connectivity index (χ0n) is 21.9. The van der Waals surface area contributed by atoms with Gasteiger partial charge in [0.25, 0.3) is 0 Å². The van der Waals surface area contributed by atoms with Gasteiger partial charge in [-0.2, -0.15) is 0 Å². The Morgan fingerprint density at radius 3 is 1.81 bits per heavy atom. The molecule has 0 unspecified atom stereocenters. The van der Waals surface area contributed by atoms with Crippen LogP contribution in [0.1, 0.15) is 36.0 Å². The van der Waals surface area contributed by atoms with Crippen molar-refractivity contribution in [2.75, 3.05) is 33.9 Å². The zero-order valence-corrected chi connectivity index (χ0v) is 21.9. The number of esters is 1. The summed E-state index contributed by atoms with van der Waals surface area (Å²) in [4.78, 5) is 25.6. The van der Waals surface area contributed by atoms with Gasteiger partial charge in [-0.15, -0.1) is 0 Å². The summed E-state index contributed by atoms with van der Waals surface area (Å²) in [6.45, 7) is 1.93. The number of likely N-dealkylation sites (N-methyl/N-ethyl adjacent to an activating group) is 1. The van der Waals surface area contributed by atoms with Crippen molar-refractivity contribution in [1.29, 1.82) is 0 Å². The molecule has 0 heterocycles. The fourth-order valence-electron chi connectivity index (χ4n) is 3.76. The van der Waals surface area contributed by atoms with Crippen LogP contribution in [0.3, 0.4) is 0 Å². The van der Waals surface area contributed by atoms with E-state index in [0.29, 0.717) is 39.0 Å². The third kappa shape index (κ3) is 10.4. The Morgan fingerprint density at radius 2 is 1.24 bits per heavy atom. The summed E-state index contributed by atoms with van der Waals surface area (Å²) in [6.07, 6.45) is 4.04. The lowest BCUT2D eigenvalue weighted by molar-refractivity contribution is -0.140. The number of rotatable bonds is 15. The highest BCUT2D eigenvalue weighted by Crippen LogP contribution is 2.16. The van der Waals surface area contributed by atoms with Crippen molar-refractivity contribution in [3.63, 3.8) is 0 Å². The Labute approximate surface area is 220 Å².